The van der Waals surface area contributed by atoms with E-state index in [9.17, 15) is 14.7 Å². The normalized spacial score (nSPS) is 17.0. The number of carboxylic acid groups (broad SMARTS) is 1. The third kappa shape index (κ3) is 3.56. The van der Waals surface area contributed by atoms with E-state index in [1.807, 2.05) is 19.1 Å². The number of halogens is 1. The van der Waals surface area contributed by atoms with Crippen molar-refractivity contribution in [2.45, 2.75) is 50.5 Å². The molecule has 0 radical (unpaired) electrons. The number of carbonyl (C=O) groups excluding carboxylic acids is 1. The van der Waals surface area contributed by atoms with Gasteiger partial charge in [0.2, 0.25) is 5.91 Å². The minimum atomic E-state index is -0.969. The zero-order chi connectivity index (χ0) is 15.5. The van der Waals surface area contributed by atoms with Crippen molar-refractivity contribution in [2.24, 2.45) is 0 Å². The standard InChI is InChI=1S/C16H20ClNO3/c1-2-3-4-13(14(19)20)18-15(21)16(9-10-16)11-5-7-12(17)8-6-11/h5-8,13H,2-4,9-10H2,1H3,(H,18,21)(H,19,20)/t13-/m0/s1. The molecule has 0 unspecified atom stereocenters. The van der Waals surface area contributed by atoms with Crippen LogP contribution in [0.15, 0.2) is 24.3 Å². The molecule has 1 saturated carbocycles. The minimum absolute atomic E-state index is 0.187. The van der Waals surface area contributed by atoms with Crippen molar-refractivity contribution in [1.29, 1.82) is 0 Å². The molecular weight excluding hydrogens is 290 g/mol. The van der Waals surface area contributed by atoms with E-state index in [4.69, 9.17) is 11.6 Å². The highest BCUT2D eigenvalue weighted by Crippen LogP contribution is 2.48. The zero-order valence-electron chi connectivity index (χ0n) is 12.1. The molecule has 21 heavy (non-hydrogen) atoms. The van der Waals surface area contributed by atoms with Crippen molar-refractivity contribution >= 4 is 23.5 Å². The van der Waals surface area contributed by atoms with Gasteiger partial charge in [-0.25, -0.2) is 4.79 Å². The van der Waals surface area contributed by atoms with Gasteiger partial charge < -0.3 is 10.4 Å². The Morgan fingerprint density at radius 2 is 1.95 bits per heavy atom. The van der Waals surface area contributed by atoms with E-state index in [0.717, 1.165) is 31.2 Å². The summed E-state index contributed by atoms with van der Waals surface area (Å²) in [6, 6.07) is 6.40. The molecule has 1 atom stereocenters. The predicted molar refractivity (Wildman–Crippen MR) is 81.5 cm³/mol. The van der Waals surface area contributed by atoms with Gasteiger partial charge in [-0.15, -0.1) is 0 Å². The summed E-state index contributed by atoms with van der Waals surface area (Å²) < 4.78 is 0. The fourth-order valence-corrected chi connectivity index (χ4v) is 2.63. The monoisotopic (exact) mass is 309 g/mol. The Balaban J connectivity index is 2.08. The maximum atomic E-state index is 12.5. The number of nitrogens with one attached hydrogen (secondary N) is 1. The van der Waals surface area contributed by atoms with E-state index < -0.39 is 17.4 Å². The van der Waals surface area contributed by atoms with Crippen molar-refractivity contribution in [3.63, 3.8) is 0 Å². The maximum Gasteiger partial charge on any atom is 0.326 e. The van der Waals surface area contributed by atoms with Crippen LogP contribution in [0.1, 0.15) is 44.6 Å². The molecule has 0 aliphatic heterocycles. The van der Waals surface area contributed by atoms with E-state index in [2.05, 4.69) is 5.32 Å². The number of carboxylic acids is 1. The lowest BCUT2D eigenvalue weighted by Crippen LogP contribution is -2.45. The van der Waals surface area contributed by atoms with Gasteiger partial charge in [-0.05, 0) is 37.0 Å². The predicted octanol–water partition coefficient (Wildman–Crippen LogP) is 3.13. The highest BCUT2D eigenvalue weighted by atomic mass is 35.5. The molecule has 5 heteroatoms. The topological polar surface area (TPSA) is 66.4 Å². The van der Waals surface area contributed by atoms with Gasteiger partial charge in [0.05, 0.1) is 5.41 Å². The molecule has 0 saturated heterocycles. The average molecular weight is 310 g/mol. The third-order valence-corrected chi connectivity index (χ3v) is 4.28. The lowest BCUT2D eigenvalue weighted by Gasteiger charge is -2.20. The van der Waals surface area contributed by atoms with Gasteiger partial charge in [0.15, 0.2) is 0 Å². The Hall–Kier alpha value is -1.55. The molecule has 0 aromatic heterocycles. The Morgan fingerprint density at radius 1 is 1.33 bits per heavy atom. The number of aliphatic carboxylic acids is 1. The minimum Gasteiger partial charge on any atom is -0.480 e. The summed E-state index contributed by atoms with van der Waals surface area (Å²) >= 11 is 5.87. The second kappa shape index (κ2) is 6.48. The second-order valence-electron chi connectivity index (χ2n) is 5.60. The van der Waals surface area contributed by atoms with Gasteiger partial charge in [0.1, 0.15) is 6.04 Å². The molecule has 1 amide bonds. The van der Waals surface area contributed by atoms with Gasteiger partial charge in [-0.1, -0.05) is 43.5 Å². The first-order valence-electron chi connectivity index (χ1n) is 7.29. The molecule has 1 aromatic rings. The van der Waals surface area contributed by atoms with Crippen LogP contribution in [-0.2, 0) is 15.0 Å². The molecule has 0 heterocycles. The molecule has 1 fully saturated rings. The largest absolute Gasteiger partial charge is 0.480 e. The van der Waals surface area contributed by atoms with E-state index in [1.54, 1.807) is 12.1 Å². The Bertz CT molecular complexity index is 523. The van der Waals surface area contributed by atoms with Crippen LogP contribution in [0.25, 0.3) is 0 Å². The van der Waals surface area contributed by atoms with Crippen LogP contribution in [0.4, 0.5) is 0 Å². The van der Waals surface area contributed by atoms with Crippen LogP contribution in [0.3, 0.4) is 0 Å². The Labute approximate surface area is 129 Å². The van der Waals surface area contributed by atoms with Crippen molar-refractivity contribution in [3.05, 3.63) is 34.9 Å². The molecule has 0 spiro atoms. The summed E-state index contributed by atoms with van der Waals surface area (Å²) in [5, 5.41) is 12.5. The summed E-state index contributed by atoms with van der Waals surface area (Å²) in [6.07, 6.45) is 3.66. The van der Waals surface area contributed by atoms with Gasteiger partial charge in [0.25, 0.3) is 0 Å². The van der Waals surface area contributed by atoms with E-state index in [1.165, 1.54) is 0 Å². The van der Waals surface area contributed by atoms with Crippen molar-refractivity contribution in [1.82, 2.24) is 5.32 Å². The molecule has 1 aromatic carbocycles. The SMILES string of the molecule is CCCC[C@H](NC(=O)C1(c2ccc(Cl)cc2)CC1)C(=O)O. The molecule has 114 valence electrons. The van der Waals surface area contributed by atoms with Crippen LogP contribution in [0.2, 0.25) is 5.02 Å². The van der Waals surface area contributed by atoms with Crippen LogP contribution in [0.5, 0.6) is 0 Å². The molecule has 4 nitrogen and oxygen atoms in total. The molecule has 2 N–H and O–H groups in total. The number of amides is 1. The maximum absolute atomic E-state index is 12.5. The quantitative estimate of drug-likeness (QED) is 0.813. The summed E-state index contributed by atoms with van der Waals surface area (Å²) in [4.78, 5) is 23.7. The number of carbonyl (C=O) groups is 2. The molecule has 1 aliphatic carbocycles. The summed E-state index contributed by atoms with van der Waals surface area (Å²) in [5.74, 6) is -1.16. The fraction of sp³-hybridized carbons (Fsp3) is 0.500. The first kappa shape index (κ1) is 15.8. The number of hydrogen-bond acceptors (Lipinski definition) is 2. The molecule has 2 rings (SSSR count). The number of rotatable bonds is 7. The summed E-state index contributed by atoms with van der Waals surface area (Å²) in [5.41, 5.74) is 0.342. The first-order valence-corrected chi connectivity index (χ1v) is 7.67. The van der Waals surface area contributed by atoms with Gasteiger partial charge in [-0.3, -0.25) is 4.79 Å². The van der Waals surface area contributed by atoms with Gasteiger partial charge >= 0.3 is 5.97 Å². The van der Waals surface area contributed by atoms with Crippen molar-refractivity contribution in [3.8, 4) is 0 Å². The van der Waals surface area contributed by atoms with Crippen LogP contribution in [-0.4, -0.2) is 23.0 Å². The fourth-order valence-electron chi connectivity index (χ4n) is 2.50. The van der Waals surface area contributed by atoms with Crippen molar-refractivity contribution < 1.29 is 14.7 Å². The lowest BCUT2D eigenvalue weighted by atomic mass is 9.94. The van der Waals surface area contributed by atoms with Crippen molar-refractivity contribution in [2.75, 3.05) is 0 Å². The number of hydrogen-bond donors (Lipinski definition) is 2. The highest BCUT2D eigenvalue weighted by molar-refractivity contribution is 6.30. The van der Waals surface area contributed by atoms with E-state index >= 15 is 0 Å². The van der Waals surface area contributed by atoms with E-state index in [-0.39, 0.29) is 5.91 Å². The van der Waals surface area contributed by atoms with Crippen LogP contribution < -0.4 is 5.32 Å². The zero-order valence-corrected chi connectivity index (χ0v) is 12.8. The third-order valence-electron chi connectivity index (χ3n) is 4.03. The Kier molecular flexibility index (Phi) is 4.88. The molecule has 1 aliphatic rings. The molecular formula is C16H20ClNO3. The number of unbranched alkanes of at least 4 members (excludes halogenated alkanes) is 1. The highest BCUT2D eigenvalue weighted by Gasteiger charge is 2.51. The smallest absolute Gasteiger partial charge is 0.326 e. The van der Waals surface area contributed by atoms with Gasteiger partial charge in [0, 0.05) is 5.02 Å². The average Bonchev–Trinajstić information content (AvgIpc) is 3.25. The summed E-state index contributed by atoms with van der Waals surface area (Å²) in [7, 11) is 0. The number of benzene rings is 1. The van der Waals surface area contributed by atoms with Crippen LogP contribution >= 0.6 is 11.6 Å². The lowest BCUT2D eigenvalue weighted by molar-refractivity contribution is -0.142. The molecule has 0 bridgehead atoms. The second-order valence-corrected chi connectivity index (χ2v) is 6.03. The Morgan fingerprint density at radius 3 is 2.43 bits per heavy atom. The first-order chi connectivity index (χ1) is 9.99. The summed E-state index contributed by atoms with van der Waals surface area (Å²) in [6.45, 7) is 2.00. The van der Waals surface area contributed by atoms with Gasteiger partial charge in [-0.2, -0.15) is 0 Å². The van der Waals surface area contributed by atoms with E-state index in [0.29, 0.717) is 11.4 Å². The van der Waals surface area contributed by atoms with Crippen LogP contribution in [0, 0.1) is 0 Å².